The van der Waals surface area contributed by atoms with Crippen molar-refractivity contribution >= 4 is 11.4 Å². The lowest BCUT2D eigenvalue weighted by atomic mass is 10.0. The maximum Gasteiger partial charge on any atom is 0.0738 e. The number of pyridine rings is 1. The van der Waals surface area contributed by atoms with E-state index in [4.69, 9.17) is 5.73 Å². The first kappa shape index (κ1) is 11.1. The summed E-state index contributed by atoms with van der Waals surface area (Å²) in [6, 6.07) is 13.1. The van der Waals surface area contributed by atoms with Crippen molar-refractivity contribution in [2.75, 3.05) is 17.2 Å². The topological polar surface area (TPSA) is 42.1 Å². The fourth-order valence-electron chi connectivity index (χ4n) is 2.74. The van der Waals surface area contributed by atoms with Crippen LogP contribution in [0.4, 0.5) is 11.4 Å². The van der Waals surface area contributed by atoms with Gasteiger partial charge in [-0.25, -0.2) is 0 Å². The van der Waals surface area contributed by atoms with E-state index in [-0.39, 0.29) is 0 Å². The minimum Gasteiger partial charge on any atom is -0.396 e. The Balaban J connectivity index is 1.95. The Kier molecular flexibility index (Phi) is 2.89. The van der Waals surface area contributed by atoms with Gasteiger partial charge in [-0.3, -0.25) is 4.98 Å². The predicted octanol–water partition coefficient (Wildman–Crippen LogP) is 3.01. The van der Waals surface area contributed by atoms with Gasteiger partial charge in [0.15, 0.2) is 0 Å². The molecule has 0 amide bonds. The fourth-order valence-corrected chi connectivity index (χ4v) is 2.74. The lowest BCUT2D eigenvalue weighted by molar-refractivity contribution is 0.719. The molecular weight excluding hydrogens is 222 g/mol. The summed E-state index contributed by atoms with van der Waals surface area (Å²) in [4.78, 5) is 6.46. The van der Waals surface area contributed by atoms with Crippen LogP contribution in [0.5, 0.6) is 0 Å². The van der Waals surface area contributed by atoms with Crippen LogP contribution >= 0.6 is 0 Å². The molecule has 1 fully saturated rings. The van der Waals surface area contributed by atoms with Crippen LogP contribution in [-0.4, -0.2) is 11.5 Å². The van der Waals surface area contributed by atoms with Crippen molar-refractivity contribution in [2.45, 2.75) is 18.9 Å². The molecule has 0 bridgehead atoms. The molecule has 3 rings (SSSR count). The molecule has 1 aliphatic rings. The highest BCUT2D eigenvalue weighted by Gasteiger charge is 2.27. The van der Waals surface area contributed by atoms with Crippen molar-refractivity contribution in [2.24, 2.45) is 0 Å². The zero-order valence-corrected chi connectivity index (χ0v) is 10.3. The minimum atomic E-state index is 0.441. The summed E-state index contributed by atoms with van der Waals surface area (Å²) in [5, 5.41) is 0. The zero-order valence-electron chi connectivity index (χ0n) is 10.3. The molecule has 2 N–H and O–H groups in total. The predicted molar refractivity (Wildman–Crippen MR) is 74.4 cm³/mol. The molecule has 0 aliphatic carbocycles. The maximum absolute atomic E-state index is 6.04. The first-order valence-electron chi connectivity index (χ1n) is 6.37. The average molecular weight is 239 g/mol. The summed E-state index contributed by atoms with van der Waals surface area (Å²) >= 11 is 0. The first-order chi connectivity index (χ1) is 8.86. The molecule has 1 unspecified atom stereocenters. The molecular formula is C15H17N3. The molecule has 3 nitrogen and oxygen atoms in total. The van der Waals surface area contributed by atoms with E-state index >= 15 is 0 Å². The van der Waals surface area contributed by atoms with Crippen molar-refractivity contribution in [1.29, 1.82) is 0 Å². The van der Waals surface area contributed by atoms with Gasteiger partial charge in [0.25, 0.3) is 0 Å². The Bertz CT molecular complexity index is 524. The summed E-state index contributed by atoms with van der Waals surface area (Å²) in [6.45, 7) is 1.06. The molecule has 92 valence electrons. The monoisotopic (exact) mass is 239 g/mol. The van der Waals surface area contributed by atoms with Gasteiger partial charge in [0.1, 0.15) is 0 Å². The smallest absolute Gasteiger partial charge is 0.0738 e. The molecule has 2 aromatic rings. The molecule has 1 aromatic carbocycles. The third-order valence-corrected chi connectivity index (χ3v) is 3.57. The number of rotatable bonds is 2. The van der Waals surface area contributed by atoms with Gasteiger partial charge in [0.2, 0.25) is 0 Å². The van der Waals surface area contributed by atoms with Crippen LogP contribution in [0.1, 0.15) is 24.4 Å². The highest BCUT2D eigenvalue weighted by Crippen LogP contribution is 2.37. The molecule has 18 heavy (non-hydrogen) atoms. The van der Waals surface area contributed by atoms with Crippen LogP contribution in [0.3, 0.4) is 0 Å². The Morgan fingerprint density at radius 3 is 2.78 bits per heavy atom. The Hall–Kier alpha value is -2.03. The average Bonchev–Trinajstić information content (AvgIpc) is 2.89. The van der Waals surface area contributed by atoms with E-state index in [0.717, 1.165) is 17.9 Å². The molecule has 1 saturated heterocycles. The zero-order chi connectivity index (χ0) is 12.4. The number of nitrogens with two attached hydrogens (primary N) is 1. The summed E-state index contributed by atoms with van der Waals surface area (Å²) in [6.07, 6.45) is 5.94. The van der Waals surface area contributed by atoms with E-state index in [2.05, 4.69) is 40.2 Å². The lowest BCUT2D eigenvalue weighted by Gasteiger charge is -2.28. The highest BCUT2D eigenvalue weighted by atomic mass is 15.2. The van der Waals surface area contributed by atoms with Gasteiger partial charge in [-0.15, -0.1) is 0 Å². The second-order valence-corrected chi connectivity index (χ2v) is 4.70. The van der Waals surface area contributed by atoms with Crippen molar-refractivity contribution in [1.82, 2.24) is 4.98 Å². The number of hydrogen-bond acceptors (Lipinski definition) is 3. The third kappa shape index (κ3) is 1.92. The van der Waals surface area contributed by atoms with Gasteiger partial charge in [-0.1, -0.05) is 30.3 Å². The summed E-state index contributed by atoms with van der Waals surface area (Å²) < 4.78 is 0. The third-order valence-electron chi connectivity index (χ3n) is 3.57. The van der Waals surface area contributed by atoms with E-state index in [9.17, 15) is 0 Å². The van der Waals surface area contributed by atoms with E-state index in [1.165, 1.54) is 18.4 Å². The van der Waals surface area contributed by atoms with E-state index < -0.39 is 0 Å². The highest BCUT2D eigenvalue weighted by molar-refractivity contribution is 5.67. The molecule has 1 aromatic heterocycles. The van der Waals surface area contributed by atoms with Crippen LogP contribution in [0, 0.1) is 0 Å². The Labute approximate surface area is 107 Å². The number of nitrogen functional groups attached to an aromatic ring is 1. The summed E-state index contributed by atoms with van der Waals surface area (Å²) in [7, 11) is 0. The lowest BCUT2D eigenvalue weighted by Crippen LogP contribution is -2.23. The number of nitrogens with zero attached hydrogens (tertiary/aromatic N) is 2. The number of hydrogen-bond donors (Lipinski definition) is 1. The Morgan fingerprint density at radius 1 is 1.17 bits per heavy atom. The second-order valence-electron chi connectivity index (χ2n) is 4.70. The second kappa shape index (κ2) is 4.69. The first-order valence-corrected chi connectivity index (χ1v) is 6.37. The van der Waals surface area contributed by atoms with Crippen molar-refractivity contribution in [3.8, 4) is 0 Å². The molecule has 3 heteroatoms. The molecule has 2 heterocycles. The van der Waals surface area contributed by atoms with Gasteiger partial charge in [0.05, 0.1) is 23.6 Å². The molecule has 0 radical (unpaired) electrons. The van der Waals surface area contributed by atoms with Gasteiger partial charge < -0.3 is 10.6 Å². The van der Waals surface area contributed by atoms with E-state index in [1.54, 1.807) is 6.20 Å². The maximum atomic E-state index is 6.04. The number of anilines is 2. The number of benzene rings is 1. The van der Waals surface area contributed by atoms with E-state index in [0.29, 0.717) is 6.04 Å². The van der Waals surface area contributed by atoms with Gasteiger partial charge >= 0.3 is 0 Å². The SMILES string of the molecule is Nc1cnccc1N1CCCC1c1ccccc1. The van der Waals surface area contributed by atoms with Crippen LogP contribution in [0.25, 0.3) is 0 Å². The van der Waals surface area contributed by atoms with Crippen LogP contribution in [-0.2, 0) is 0 Å². The quantitative estimate of drug-likeness (QED) is 0.876. The van der Waals surface area contributed by atoms with Crippen molar-refractivity contribution in [3.05, 3.63) is 54.4 Å². The van der Waals surface area contributed by atoms with Gasteiger partial charge in [0, 0.05) is 12.7 Å². The molecule has 0 saturated carbocycles. The van der Waals surface area contributed by atoms with Gasteiger partial charge in [-0.05, 0) is 24.5 Å². The van der Waals surface area contributed by atoms with E-state index in [1.807, 2.05) is 12.3 Å². The van der Waals surface area contributed by atoms with Crippen molar-refractivity contribution < 1.29 is 0 Å². The van der Waals surface area contributed by atoms with Crippen molar-refractivity contribution in [3.63, 3.8) is 0 Å². The minimum absolute atomic E-state index is 0.441. The van der Waals surface area contributed by atoms with Crippen LogP contribution in [0.15, 0.2) is 48.8 Å². The fraction of sp³-hybridized carbons (Fsp3) is 0.267. The standard InChI is InChI=1S/C15H17N3/c16-13-11-17-9-8-15(13)18-10-4-7-14(18)12-5-2-1-3-6-12/h1-3,5-6,8-9,11,14H,4,7,10,16H2. The molecule has 0 spiro atoms. The molecule has 1 aliphatic heterocycles. The Morgan fingerprint density at radius 2 is 2.00 bits per heavy atom. The molecule has 1 atom stereocenters. The van der Waals surface area contributed by atoms with Gasteiger partial charge in [-0.2, -0.15) is 0 Å². The van der Waals surface area contributed by atoms with Crippen LogP contribution in [0.2, 0.25) is 0 Å². The largest absolute Gasteiger partial charge is 0.396 e. The normalized spacial score (nSPS) is 19.1. The summed E-state index contributed by atoms with van der Waals surface area (Å²) in [5.41, 5.74) is 9.28. The number of aromatic nitrogens is 1. The van der Waals surface area contributed by atoms with Crippen LogP contribution < -0.4 is 10.6 Å². The summed E-state index contributed by atoms with van der Waals surface area (Å²) in [5.74, 6) is 0.